The molecule has 194 valence electrons. The first kappa shape index (κ1) is 25.3. The van der Waals surface area contributed by atoms with Gasteiger partial charge in [0.05, 0.1) is 0 Å². The van der Waals surface area contributed by atoms with Crippen molar-refractivity contribution in [2.75, 3.05) is 38.0 Å². The number of urea groups is 1. The molecular weight excluding hydrogens is 460 g/mol. The van der Waals surface area contributed by atoms with Crippen molar-refractivity contribution in [2.45, 2.75) is 51.5 Å². The minimum Gasteiger partial charge on any atom is -0.325 e. The van der Waals surface area contributed by atoms with Gasteiger partial charge in [0, 0.05) is 48.9 Å². The second-order valence-electron chi connectivity index (χ2n) is 10.4. The zero-order valence-electron chi connectivity index (χ0n) is 21.8. The lowest BCUT2D eigenvalue weighted by molar-refractivity contribution is 0.102. The topological polar surface area (TPSA) is 64.7 Å². The Morgan fingerprint density at radius 1 is 0.811 bits per heavy atom. The first-order valence-electron chi connectivity index (χ1n) is 13.7. The SMILES string of the molecule is Cc1ccccc1C(=O)Nc1ccc(CCNC2CCN(C(=O)N3CCCCC3)CC2)c2ccccc12. The Kier molecular flexibility index (Phi) is 8.05. The highest BCUT2D eigenvalue weighted by Gasteiger charge is 2.26. The number of piperidine rings is 2. The highest BCUT2D eigenvalue weighted by Crippen LogP contribution is 2.28. The minimum atomic E-state index is -0.0808. The molecule has 0 bridgehead atoms. The zero-order valence-corrected chi connectivity index (χ0v) is 21.8. The number of benzene rings is 3. The van der Waals surface area contributed by atoms with Crippen LogP contribution in [0.1, 0.15) is 53.6 Å². The van der Waals surface area contributed by atoms with Gasteiger partial charge in [-0.2, -0.15) is 0 Å². The van der Waals surface area contributed by atoms with Crippen molar-refractivity contribution in [3.8, 4) is 0 Å². The molecular formula is C31H38N4O2. The summed E-state index contributed by atoms with van der Waals surface area (Å²) in [6.45, 7) is 6.36. The smallest absolute Gasteiger partial charge is 0.319 e. The Balaban J connectivity index is 1.16. The number of hydrogen-bond acceptors (Lipinski definition) is 3. The van der Waals surface area contributed by atoms with Crippen LogP contribution in [0.4, 0.5) is 10.5 Å². The molecule has 5 rings (SSSR count). The van der Waals surface area contributed by atoms with Gasteiger partial charge in [-0.1, -0.05) is 48.5 Å². The Hall–Kier alpha value is -3.38. The second-order valence-corrected chi connectivity index (χ2v) is 10.4. The average molecular weight is 499 g/mol. The summed E-state index contributed by atoms with van der Waals surface area (Å²) in [4.78, 5) is 29.8. The van der Waals surface area contributed by atoms with E-state index in [0.29, 0.717) is 11.6 Å². The van der Waals surface area contributed by atoms with Crippen molar-refractivity contribution >= 4 is 28.4 Å². The Morgan fingerprint density at radius 3 is 2.24 bits per heavy atom. The maximum Gasteiger partial charge on any atom is 0.319 e. The molecule has 2 aliphatic heterocycles. The quantitative estimate of drug-likeness (QED) is 0.465. The van der Waals surface area contributed by atoms with E-state index in [0.717, 1.165) is 81.5 Å². The monoisotopic (exact) mass is 498 g/mol. The van der Waals surface area contributed by atoms with Crippen LogP contribution in [0.25, 0.3) is 10.8 Å². The van der Waals surface area contributed by atoms with Crippen molar-refractivity contribution in [2.24, 2.45) is 0 Å². The Morgan fingerprint density at radius 2 is 1.49 bits per heavy atom. The van der Waals surface area contributed by atoms with Crippen LogP contribution < -0.4 is 10.6 Å². The van der Waals surface area contributed by atoms with Gasteiger partial charge in [0.25, 0.3) is 5.91 Å². The number of carbonyl (C=O) groups is 2. The molecule has 0 saturated carbocycles. The van der Waals surface area contributed by atoms with Crippen LogP contribution in [0.3, 0.4) is 0 Å². The summed E-state index contributed by atoms with van der Waals surface area (Å²) in [5.41, 5.74) is 3.78. The molecule has 0 spiro atoms. The first-order chi connectivity index (χ1) is 18.1. The molecule has 2 N–H and O–H groups in total. The normalized spacial score (nSPS) is 16.7. The fourth-order valence-electron chi connectivity index (χ4n) is 5.68. The Labute approximate surface area is 220 Å². The van der Waals surface area contributed by atoms with Gasteiger partial charge in [-0.25, -0.2) is 4.79 Å². The van der Waals surface area contributed by atoms with E-state index >= 15 is 0 Å². The molecule has 3 aromatic carbocycles. The van der Waals surface area contributed by atoms with E-state index < -0.39 is 0 Å². The van der Waals surface area contributed by atoms with E-state index in [1.165, 1.54) is 17.4 Å². The number of amides is 3. The van der Waals surface area contributed by atoms with E-state index in [4.69, 9.17) is 0 Å². The van der Waals surface area contributed by atoms with Gasteiger partial charge in [0.2, 0.25) is 0 Å². The van der Waals surface area contributed by atoms with Crippen LogP contribution >= 0.6 is 0 Å². The fourth-order valence-corrected chi connectivity index (χ4v) is 5.68. The molecule has 0 atom stereocenters. The molecule has 2 fully saturated rings. The van der Waals surface area contributed by atoms with Gasteiger partial charge >= 0.3 is 6.03 Å². The molecule has 0 aliphatic carbocycles. The van der Waals surface area contributed by atoms with Crippen LogP contribution in [0.15, 0.2) is 60.7 Å². The molecule has 0 aromatic heterocycles. The van der Waals surface area contributed by atoms with Crippen LogP contribution in [0, 0.1) is 6.92 Å². The van der Waals surface area contributed by atoms with Gasteiger partial charge in [-0.05, 0) is 80.6 Å². The maximum atomic E-state index is 12.9. The summed E-state index contributed by atoms with van der Waals surface area (Å²) in [5.74, 6) is -0.0808. The third-order valence-corrected chi connectivity index (χ3v) is 7.87. The summed E-state index contributed by atoms with van der Waals surface area (Å²) in [6, 6.07) is 20.8. The minimum absolute atomic E-state index is 0.0808. The van der Waals surface area contributed by atoms with Crippen LogP contribution in [-0.4, -0.2) is 60.5 Å². The molecule has 3 aromatic rings. The van der Waals surface area contributed by atoms with Crippen LogP contribution in [-0.2, 0) is 6.42 Å². The van der Waals surface area contributed by atoms with Crippen LogP contribution in [0.2, 0.25) is 0 Å². The number of aryl methyl sites for hydroxylation is 1. The predicted molar refractivity (Wildman–Crippen MR) is 150 cm³/mol. The van der Waals surface area contributed by atoms with E-state index in [2.05, 4.69) is 34.9 Å². The molecule has 3 amide bonds. The summed E-state index contributed by atoms with van der Waals surface area (Å²) in [5, 5.41) is 9.09. The van der Waals surface area contributed by atoms with Gasteiger partial charge in [0.15, 0.2) is 0 Å². The van der Waals surface area contributed by atoms with Gasteiger partial charge < -0.3 is 20.4 Å². The largest absolute Gasteiger partial charge is 0.325 e. The standard InChI is InChI=1S/C31H38N4O2/c1-23-9-3-4-10-26(23)30(36)33-29-14-13-24(27-11-5-6-12-28(27)29)15-18-32-25-16-21-35(22-17-25)31(37)34-19-7-2-8-20-34/h3-6,9-14,25,32H,2,7-8,15-22H2,1H3,(H,33,36). The number of hydrogen-bond donors (Lipinski definition) is 2. The predicted octanol–water partition coefficient (Wildman–Crippen LogP) is 5.60. The number of nitrogens with one attached hydrogen (secondary N) is 2. The summed E-state index contributed by atoms with van der Waals surface area (Å²) < 4.78 is 0. The molecule has 2 saturated heterocycles. The highest BCUT2D eigenvalue weighted by molar-refractivity contribution is 6.10. The van der Waals surface area contributed by atoms with Crippen molar-refractivity contribution < 1.29 is 9.59 Å². The third-order valence-electron chi connectivity index (χ3n) is 7.87. The molecule has 2 aliphatic rings. The molecule has 0 radical (unpaired) electrons. The van der Waals surface area contributed by atoms with Gasteiger partial charge in [-0.15, -0.1) is 0 Å². The van der Waals surface area contributed by atoms with Crippen molar-refractivity contribution in [1.29, 1.82) is 0 Å². The summed E-state index contributed by atoms with van der Waals surface area (Å²) in [7, 11) is 0. The van der Waals surface area contributed by atoms with Crippen molar-refractivity contribution in [1.82, 2.24) is 15.1 Å². The average Bonchev–Trinajstić information content (AvgIpc) is 2.95. The lowest BCUT2D eigenvalue weighted by Gasteiger charge is -2.37. The highest BCUT2D eigenvalue weighted by atomic mass is 16.2. The number of likely N-dealkylation sites (tertiary alicyclic amines) is 2. The number of fused-ring (bicyclic) bond motifs is 1. The van der Waals surface area contributed by atoms with E-state index in [9.17, 15) is 9.59 Å². The fraction of sp³-hybridized carbons (Fsp3) is 0.419. The lowest BCUT2D eigenvalue weighted by atomic mass is 9.99. The first-order valence-corrected chi connectivity index (χ1v) is 13.7. The van der Waals surface area contributed by atoms with Gasteiger partial charge in [0.1, 0.15) is 0 Å². The zero-order chi connectivity index (χ0) is 25.6. The van der Waals surface area contributed by atoms with Gasteiger partial charge in [-0.3, -0.25) is 4.79 Å². The molecule has 0 unspecified atom stereocenters. The molecule has 6 nitrogen and oxygen atoms in total. The van der Waals surface area contributed by atoms with E-state index in [-0.39, 0.29) is 11.9 Å². The number of carbonyl (C=O) groups excluding carboxylic acids is 2. The van der Waals surface area contributed by atoms with E-state index in [1.807, 2.05) is 53.1 Å². The van der Waals surface area contributed by atoms with Crippen LogP contribution in [0.5, 0.6) is 0 Å². The second kappa shape index (κ2) is 11.8. The summed E-state index contributed by atoms with van der Waals surface area (Å²) >= 11 is 0. The van der Waals surface area contributed by atoms with Crippen molar-refractivity contribution in [3.05, 3.63) is 77.4 Å². The lowest BCUT2D eigenvalue weighted by Crippen LogP contribution is -2.51. The Bertz CT molecular complexity index is 1240. The molecule has 6 heteroatoms. The number of nitrogens with zero attached hydrogens (tertiary/aromatic N) is 2. The third kappa shape index (κ3) is 5.96. The number of anilines is 1. The molecule has 37 heavy (non-hydrogen) atoms. The van der Waals surface area contributed by atoms with Crippen molar-refractivity contribution in [3.63, 3.8) is 0 Å². The number of rotatable bonds is 6. The maximum absolute atomic E-state index is 12.9. The van der Waals surface area contributed by atoms with E-state index in [1.54, 1.807) is 0 Å². The molecule has 2 heterocycles. The summed E-state index contributed by atoms with van der Waals surface area (Å²) in [6.07, 6.45) is 6.45.